The van der Waals surface area contributed by atoms with Gasteiger partial charge in [0.1, 0.15) is 5.82 Å². The highest BCUT2D eigenvalue weighted by molar-refractivity contribution is 5.98. The number of hydrogen-bond donors (Lipinski definition) is 3. The van der Waals surface area contributed by atoms with Gasteiger partial charge in [-0.05, 0) is 35.9 Å². The van der Waals surface area contributed by atoms with E-state index in [1.807, 2.05) is 42.5 Å². The number of pyridine rings is 1. The number of anilines is 3. The SMILES string of the molecule is C=CC(=O)Nc1cccc(-c2cccc3cnc(Nc4ccc(C5CNCCO5)cc4)nc23)n1. The predicted octanol–water partition coefficient (Wildman–Crippen LogP) is 4.22. The van der Waals surface area contributed by atoms with Gasteiger partial charge < -0.3 is 20.7 Å². The van der Waals surface area contributed by atoms with Gasteiger partial charge in [-0.15, -0.1) is 0 Å². The number of aromatic nitrogens is 3. The summed E-state index contributed by atoms with van der Waals surface area (Å²) in [5, 5.41) is 10.2. The molecular formula is C26H24N6O2. The molecule has 1 aliphatic rings. The molecule has 3 heterocycles. The molecule has 170 valence electrons. The second kappa shape index (κ2) is 9.78. The Morgan fingerprint density at radius 1 is 1.09 bits per heavy atom. The third-order valence-corrected chi connectivity index (χ3v) is 5.54. The number of ether oxygens (including phenoxy) is 1. The zero-order chi connectivity index (χ0) is 23.3. The summed E-state index contributed by atoms with van der Waals surface area (Å²) in [4.78, 5) is 25.5. The molecule has 1 unspecified atom stereocenters. The lowest BCUT2D eigenvalue weighted by molar-refractivity contribution is -0.111. The van der Waals surface area contributed by atoms with Crippen molar-refractivity contribution in [2.45, 2.75) is 6.10 Å². The first-order valence-corrected chi connectivity index (χ1v) is 11.1. The minimum absolute atomic E-state index is 0.0711. The van der Waals surface area contributed by atoms with E-state index in [0.29, 0.717) is 17.5 Å². The van der Waals surface area contributed by atoms with Crippen molar-refractivity contribution in [3.8, 4) is 11.3 Å². The Morgan fingerprint density at radius 3 is 2.74 bits per heavy atom. The molecule has 0 aliphatic carbocycles. The van der Waals surface area contributed by atoms with Crippen molar-refractivity contribution in [2.75, 3.05) is 30.3 Å². The van der Waals surface area contributed by atoms with Gasteiger partial charge in [0.15, 0.2) is 0 Å². The van der Waals surface area contributed by atoms with Gasteiger partial charge in [-0.1, -0.05) is 43.0 Å². The zero-order valence-corrected chi connectivity index (χ0v) is 18.5. The number of carbonyl (C=O) groups excluding carboxylic acids is 1. The summed E-state index contributed by atoms with van der Waals surface area (Å²) in [5.41, 5.74) is 4.32. The number of benzene rings is 2. The number of nitrogens with zero attached hydrogens (tertiary/aromatic N) is 3. The second-order valence-electron chi connectivity index (χ2n) is 7.85. The second-order valence-corrected chi connectivity index (χ2v) is 7.85. The number of hydrogen-bond acceptors (Lipinski definition) is 7. The Kier molecular flexibility index (Phi) is 6.24. The normalized spacial score (nSPS) is 15.6. The molecule has 1 saturated heterocycles. The standard InChI is InChI=1S/C26H24N6O2/c1-2-24(33)31-23-8-4-7-21(30-23)20-6-3-5-18-15-28-26(32-25(18)20)29-19-11-9-17(10-12-19)22-16-27-13-14-34-22/h2-12,15,22,27H,1,13-14,16H2,(H,28,29,32)(H,30,31,33). The first-order valence-electron chi connectivity index (χ1n) is 11.1. The molecule has 1 aliphatic heterocycles. The molecule has 0 radical (unpaired) electrons. The first kappa shape index (κ1) is 21.7. The molecule has 2 aromatic heterocycles. The summed E-state index contributed by atoms with van der Waals surface area (Å²) in [7, 11) is 0. The van der Waals surface area contributed by atoms with Gasteiger partial charge in [-0.2, -0.15) is 0 Å². The van der Waals surface area contributed by atoms with Crippen LogP contribution in [0.4, 0.5) is 17.5 Å². The van der Waals surface area contributed by atoms with Crippen molar-refractivity contribution in [1.29, 1.82) is 0 Å². The summed E-state index contributed by atoms with van der Waals surface area (Å²) in [6.07, 6.45) is 3.07. The highest BCUT2D eigenvalue weighted by Gasteiger charge is 2.15. The van der Waals surface area contributed by atoms with Gasteiger partial charge in [0.25, 0.3) is 0 Å². The molecule has 1 atom stereocenters. The Balaban J connectivity index is 1.41. The number of rotatable bonds is 6. The van der Waals surface area contributed by atoms with Crippen LogP contribution in [-0.4, -0.2) is 40.6 Å². The highest BCUT2D eigenvalue weighted by Crippen LogP contribution is 2.28. The van der Waals surface area contributed by atoms with Crippen LogP contribution < -0.4 is 16.0 Å². The molecule has 4 aromatic rings. The molecule has 8 nitrogen and oxygen atoms in total. The zero-order valence-electron chi connectivity index (χ0n) is 18.5. The van der Waals surface area contributed by atoms with Gasteiger partial charge in [-0.25, -0.2) is 15.0 Å². The fourth-order valence-electron chi connectivity index (χ4n) is 3.84. The lowest BCUT2D eigenvalue weighted by atomic mass is 10.1. The summed E-state index contributed by atoms with van der Waals surface area (Å²) < 4.78 is 5.82. The minimum atomic E-state index is -0.311. The van der Waals surface area contributed by atoms with Gasteiger partial charge in [0.2, 0.25) is 11.9 Å². The average molecular weight is 453 g/mol. The number of amides is 1. The fourth-order valence-corrected chi connectivity index (χ4v) is 3.84. The Bertz CT molecular complexity index is 1330. The van der Waals surface area contributed by atoms with Crippen molar-refractivity contribution in [3.05, 3.63) is 85.1 Å². The molecule has 0 spiro atoms. The largest absolute Gasteiger partial charge is 0.371 e. The van der Waals surface area contributed by atoms with Crippen LogP contribution in [0.25, 0.3) is 22.2 Å². The maximum atomic E-state index is 11.7. The monoisotopic (exact) mass is 452 g/mol. The average Bonchev–Trinajstić information content (AvgIpc) is 2.89. The molecule has 1 fully saturated rings. The molecule has 1 amide bonds. The van der Waals surface area contributed by atoms with E-state index < -0.39 is 0 Å². The number of para-hydroxylation sites is 1. The highest BCUT2D eigenvalue weighted by atomic mass is 16.5. The molecule has 8 heteroatoms. The van der Waals surface area contributed by atoms with Crippen LogP contribution in [0.3, 0.4) is 0 Å². The maximum absolute atomic E-state index is 11.7. The topological polar surface area (TPSA) is 101 Å². The quantitative estimate of drug-likeness (QED) is 0.377. The molecule has 34 heavy (non-hydrogen) atoms. The maximum Gasteiger partial charge on any atom is 0.248 e. The van der Waals surface area contributed by atoms with Gasteiger partial charge in [0, 0.05) is 35.9 Å². The molecule has 3 N–H and O–H groups in total. The first-order chi connectivity index (χ1) is 16.7. The molecule has 5 rings (SSSR count). The Labute approximate surface area is 197 Å². The molecule has 0 bridgehead atoms. The fraction of sp³-hybridized carbons (Fsp3) is 0.154. The van der Waals surface area contributed by atoms with E-state index in [4.69, 9.17) is 9.72 Å². The van der Waals surface area contributed by atoms with E-state index in [1.54, 1.807) is 12.3 Å². The summed E-state index contributed by atoms with van der Waals surface area (Å²) in [6, 6.07) is 19.4. The van der Waals surface area contributed by atoms with E-state index in [1.165, 1.54) is 6.08 Å². The molecule has 2 aromatic carbocycles. The van der Waals surface area contributed by atoms with Gasteiger partial charge in [0.05, 0.1) is 23.9 Å². The van der Waals surface area contributed by atoms with Gasteiger partial charge >= 0.3 is 0 Å². The summed E-state index contributed by atoms with van der Waals surface area (Å²) >= 11 is 0. The van der Waals surface area contributed by atoms with E-state index in [-0.39, 0.29) is 12.0 Å². The van der Waals surface area contributed by atoms with Crippen LogP contribution >= 0.6 is 0 Å². The number of carbonyl (C=O) groups is 1. The van der Waals surface area contributed by atoms with Crippen LogP contribution in [0.2, 0.25) is 0 Å². The van der Waals surface area contributed by atoms with Crippen LogP contribution in [-0.2, 0) is 9.53 Å². The number of fused-ring (bicyclic) bond motifs is 1. The third-order valence-electron chi connectivity index (χ3n) is 5.54. The lowest BCUT2D eigenvalue weighted by Gasteiger charge is -2.24. The van der Waals surface area contributed by atoms with Crippen molar-refractivity contribution in [2.24, 2.45) is 0 Å². The smallest absolute Gasteiger partial charge is 0.248 e. The Hall–Kier alpha value is -4.14. The van der Waals surface area contributed by atoms with E-state index in [9.17, 15) is 4.79 Å². The van der Waals surface area contributed by atoms with Crippen molar-refractivity contribution >= 4 is 34.3 Å². The van der Waals surface area contributed by atoms with Crippen LogP contribution in [0.15, 0.2) is 79.5 Å². The van der Waals surface area contributed by atoms with Crippen LogP contribution in [0.1, 0.15) is 11.7 Å². The van der Waals surface area contributed by atoms with Crippen molar-refractivity contribution < 1.29 is 9.53 Å². The van der Waals surface area contributed by atoms with E-state index in [2.05, 4.69) is 44.6 Å². The third kappa shape index (κ3) is 4.78. The summed E-state index contributed by atoms with van der Waals surface area (Å²) in [6.45, 7) is 5.90. The van der Waals surface area contributed by atoms with E-state index >= 15 is 0 Å². The van der Waals surface area contributed by atoms with Crippen molar-refractivity contribution in [3.63, 3.8) is 0 Å². The minimum Gasteiger partial charge on any atom is -0.371 e. The predicted molar refractivity (Wildman–Crippen MR) is 133 cm³/mol. The Morgan fingerprint density at radius 2 is 1.94 bits per heavy atom. The molecular weight excluding hydrogens is 428 g/mol. The molecule has 0 saturated carbocycles. The number of morpholine rings is 1. The summed E-state index contributed by atoms with van der Waals surface area (Å²) in [5.74, 6) is 0.622. The number of nitrogens with one attached hydrogen (secondary N) is 3. The van der Waals surface area contributed by atoms with Crippen molar-refractivity contribution in [1.82, 2.24) is 20.3 Å². The van der Waals surface area contributed by atoms with Crippen LogP contribution in [0.5, 0.6) is 0 Å². The lowest BCUT2D eigenvalue weighted by Crippen LogP contribution is -2.33. The van der Waals surface area contributed by atoms with Gasteiger partial charge in [-0.3, -0.25) is 4.79 Å². The van der Waals surface area contributed by atoms with E-state index in [0.717, 1.165) is 47.4 Å². The van der Waals surface area contributed by atoms with Crippen LogP contribution in [0, 0.1) is 0 Å².